The van der Waals surface area contributed by atoms with Gasteiger partial charge in [-0.2, -0.15) is 5.26 Å². The molecule has 0 unspecified atom stereocenters. The van der Waals surface area contributed by atoms with Crippen LogP contribution in [0.3, 0.4) is 0 Å². The van der Waals surface area contributed by atoms with Gasteiger partial charge < -0.3 is 19.9 Å². The van der Waals surface area contributed by atoms with Gasteiger partial charge in [0, 0.05) is 5.02 Å². The number of esters is 1. The van der Waals surface area contributed by atoms with Crippen molar-refractivity contribution in [1.82, 2.24) is 0 Å². The van der Waals surface area contributed by atoms with Gasteiger partial charge in [-0.3, -0.25) is 0 Å². The molecule has 31 heavy (non-hydrogen) atoms. The van der Waals surface area contributed by atoms with Gasteiger partial charge in [0.2, 0.25) is 5.88 Å². The molecule has 0 aliphatic carbocycles. The monoisotopic (exact) mass is 438 g/mol. The molecule has 0 bridgehead atoms. The topological polar surface area (TPSA) is 94.6 Å². The molecule has 0 spiro atoms. The number of carbonyl (C=O) groups excluding carboxylic acids is 1. The largest absolute Gasteiger partial charge is 0.489 e. The molecule has 0 aromatic heterocycles. The summed E-state index contributed by atoms with van der Waals surface area (Å²) in [5, 5.41) is 10.4. The maximum Gasteiger partial charge on any atom is 0.338 e. The van der Waals surface area contributed by atoms with Gasteiger partial charge in [0.05, 0.1) is 18.6 Å². The van der Waals surface area contributed by atoms with Crippen molar-refractivity contribution < 1.29 is 19.0 Å². The molecule has 160 valence electrons. The van der Waals surface area contributed by atoms with E-state index in [1.54, 1.807) is 31.2 Å². The van der Waals surface area contributed by atoms with Crippen molar-refractivity contribution >= 4 is 17.6 Å². The number of nitrogens with two attached hydrogens (primary N) is 1. The first-order valence-electron chi connectivity index (χ1n) is 9.61. The molecule has 7 heteroatoms. The highest BCUT2D eigenvalue weighted by atomic mass is 35.5. The molecule has 3 rings (SSSR count). The Labute approximate surface area is 186 Å². The molecule has 0 radical (unpaired) electrons. The predicted molar refractivity (Wildman–Crippen MR) is 117 cm³/mol. The number of nitriles is 1. The van der Waals surface area contributed by atoms with Crippen LogP contribution in [0.2, 0.25) is 5.02 Å². The fourth-order valence-electron chi connectivity index (χ4n) is 3.64. The maximum atomic E-state index is 12.6. The van der Waals surface area contributed by atoms with Crippen molar-refractivity contribution in [2.75, 3.05) is 7.11 Å². The number of benzene rings is 2. The molecular weight excluding hydrogens is 416 g/mol. The molecule has 2 aromatic carbocycles. The first-order valence-corrected chi connectivity index (χ1v) is 9.99. The Balaban J connectivity index is 2.06. The van der Waals surface area contributed by atoms with E-state index in [9.17, 15) is 10.1 Å². The molecular formula is C24H23ClN2O4. The van der Waals surface area contributed by atoms with Crippen LogP contribution in [0, 0.1) is 25.2 Å². The number of hydrogen-bond donors (Lipinski definition) is 1. The van der Waals surface area contributed by atoms with Crippen LogP contribution in [0.5, 0.6) is 5.75 Å². The van der Waals surface area contributed by atoms with E-state index < -0.39 is 11.9 Å². The van der Waals surface area contributed by atoms with Gasteiger partial charge in [-0.1, -0.05) is 23.7 Å². The summed E-state index contributed by atoms with van der Waals surface area (Å²) in [6, 6.07) is 13.2. The van der Waals surface area contributed by atoms with Crippen molar-refractivity contribution in [3.63, 3.8) is 0 Å². The van der Waals surface area contributed by atoms with Crippen LogP contribution >= 0.6 is 11.6 Å². The SMILES string of the molecule is COC(=O)C1=C(C)OC(N)=C(C#N)[C@@H]1c1cc(COc2ccc(Cl)cc2)c(C)cc1C. The van der Waals surface area contributed by atoms with E-state index in [0.717, 1.165) is 22.3 Å². The molecule has 6 nitrogen and oxygen atoms in total. The van der Waals surface area contributed by atoms with Crippen LogP contribution in [0.1, 0.15) is 35.1 Å². The van der Waals surface area contributed by atoms with Gasteiger partial charge >= 0.3 is 5.97 Å². The van der Waals surface area contributed by atoms with Crippen LogP contribution < -0.4 is 10.5 Å². The van der Waals surface area contributed by atoms with Crippen molar-refractivity contribution in [1.29, 1.82) is 5.26 Å². The van der Waals surface area contributed by atoms with Gasteiger partial charge in [0.1, 0.15) is 29.8 Å². The fourth-order valence-corrected chi connectivity index (χ4v) is 3.77. The first kappa shape index (κ1) is 22.3. The number of methoxy groups -OCH3 is 1. The zero-order valence-electron chi connectivity index (χ0n) is 17.8. The third kappa shape index (κ3) is 4.52. The van der Waals surface area contributed by atoms with E-state index in [1.165, 1.54) is 7.11 Å². The minimum Gasteiger partial charge on any atom is -0.489 e. The number of aryl methyl sites for hydroxylation is 2. The second-order valence-corrected chi connectivity index (χ2v) is 7.70. The summed E-state index contributed by atoms with van der Waals surface area (Å²) in [6.45, 7) is 5.85. The number of nitrogens with zero attached hydrogens (tertiary/aromatic N) is 1. The van der Waals surface area contributed by atoms with Crippen molar-refractivity contribution in [3.05, 3.63) is 86.5 Å². The highest BCUT2D eigenvalue weighted by Gasteiger charge is 2.37. The van der Waals surface area contributed by atoms with Gasteiger partial charge in [0.15, 0.2) is 0 Å². The van der Waals surface area contributed by atoms with Gasteiger partial charge in [0.25, 0.3) is 0 Å². The van der Waals surface area contributed by atoms with Gasteiger partial charge in [-0.05, 0) is 67.3 Å². The molecule has 0 saturated heterocycles. The Morgan fingerprint density at radius 1 is 1.19 bits per heavy atom. The number of allylic oxidation sites excluding steroid dienone is 2. The number of carbonyl (C=O) groups is 1. The smallest absolute Gasteiger partial charge is 0.338 e. The highest BCUT2D eigenvalue weighted by molar-refractivity contribution is 6.30. The zero-order chi connectivity index (χ0) is 22.7. The number of ether oxygens (including phenoxy) is 3. The average molecular weight is 439 g/mol. The number of hydrogen-bond acceptors (Lipinski definition) is 6. The third-order valence-electron chi connectivity index (χ3n) is 5.25. The lowest BCUT2D eigenvalue weighted by molar-refractivity contribution is -0.136. The Hall–Kier alpha value is -3.43. The van der Waals surface area contributed by atoms with Gasteiger partial charge in [-0.25, -0.2) is 4.79 Å². The summed E-state index contributed by atoms with van der Waals surface area (Å²) < 4.78 is 16.3. The second-order valence-electron chi connectivity index (χ2n) is 7.26. The van der Waals surface area contributed by atoms with E-state index >= 15 is 0 Å². The predicted octanol–water partition coefficient (Wildman–Crippen LogP) is 4.79. The average Bonchev–Trinajstić information content (AvgIpc) is 2.73. The number of halogens is 1. The van der Waals surface area contributed by atoms with Crippen LogP contribution in [0.15, 0.2) is 59.2 Å². The molecule has 1 atom stereocenters. The van der Waals surface area contributed by atoms with Crippen molar-refractivity contribution in [2.45, 2.75) is 33.3 Å². The first-order chi connectivity index (χ1) is 14.8. The van der Waals surface area contributed by atoms with Crippen molar-refractivity contribution in [2.24, 2.45) is 5.73 Å². The molecule has 0 saturated carbocycles. The summed E-state index contributed by atoms with van der Waals surface area (Å²) in [7, 11) is 1.29. The van der Waals surface area contributed by atoms with E-state index in [1.807, 2.05) is 26.0 Å². The lowest BCUT2D eigenvalue weighted by Gasteiger charge is -2.28. The molecule has 2 N–H and O–H groups in total. The van der Waals surface area contributed by atoms with E-state index in [2.05, 4.69) is 6.07 Å². The van der Waals surface area contributed by atoms with E-state index in [0.29, 0.717) is 23.1 Å². The summed E-state index contributed by atoms with van der Waals surface area (Å²) in [6.07, 6.45) is 0. The Bertz CT molecular complexity index is 1130. The highest BCUT2D eigenvalue weighted by Crippen LogP contribution is 2.41. The minimum absolute atomic E-state index is 0.0170. The zero-order valence-corrected chi connectivity index (χ0v) is 18.5. The lowest BCUT2D eigenvalue weighted by Crippen LogP contribution is -2.25. The van der Waals surface area contributed by atoms with Crippen LogP contribution in [-0.2, 0) is 20.9 Å². The molecule has 0 amide bonds. The maximum absolute atomic E-state index is 12.6. The molecule has 1 heterocycles. The molecule has 1 aliphatic heterocycles. The summed E-state index contributed by atoms with van der Waals surface area (Å²) >= 11 is 5.93. The minimum atomic E-state index is -0.693. The molecule has 0 fully saturated rings. The van der Waals surface area contributed by atoms with E-state index in [-0.39, 0.29) is 17.0 Å². The summed E-state index contributed by atoms with van der Waals surface area (Å²) in [5.41, 5.74) is 10.0. The van der Waals surface area contributed by atoms with Crippen LogP contribution in [0.25, 0.3) is 0 Å². The molecule has 2 aromatic rings. The Morgan fingerprint density at radius 3 is 2.48 bits per heavy atom. The summed E-state index contributed by atoms with van der Waals surface area (Å²) in [5.74, 6) is -0.281. The summed E-state index contributed by atoms with van der Waals surface area (Å²) in [4.78, 5) is 12.6. The lowest BCUT2D eigenvalue weighted by atomic mass is 9.80. The quantitative estimate of drug-likeness (QED) is 0.674. The third-order valence-corrected chi connectivity index (χ3v) is 5.51. The second kappa shape index (κ2) is 9.15. The Morgan fingerprint density at radius 2 is 1.87 bits per heavy atom. The normalized spacial score (nSPS) is 15.9. The van der Waals surface area contributed by atoms with Crippen LogP contribution in [0.4, 0.5) is 0 Å². The molecule has 1 aliphatic rings. The number of rotatable bonds is 5. The fraction of sp³-hybridized carbons (Fsp3) is 0.250. The van der Waals surface area contributed by atoms with Gasteiger partial charge in [-0.15, -0.1) is 0 Å². The van der Waals surface area contributed by atoms with E-state index in [4.69, 9.17) is 31.5 Å². The Kier molecular flexibility index (Phi) is 6.57. The van der Waals surface area contributed by atoms with Crippen LogP contribution in [-0.4, -0.2) is 13.1 Å². The standard InChI is InChI=1S/C24H23ClN2O4/c1-13-9-14(2)19(10-16(13)12-30-18-7-5-17(25)6-8-18)22-20(11-26)23(27)31-15(3)21(22)24(28)29-4/h5-10,22H,12,27H2,1-4H3/t22-/m0/s1. The van der Waals surface area contributed by atoms with Crippen molar-refractivity contribution in [3.8, 4) is 11.8 Å².